The Kier molecular flexibility index (Phi) is 3.60. The zero-order valence-electron chi connectivity index (χ0n) is 11.2. The molecular weight excluding hydrogens is 222 g/mol. The Hall–Kier alpha value is -1.90. The number of hydrogen-bond acceptors (Lipinski definition) is 3. The summed E-state index contributed by atoms with van der Waals surface area (Å²) in [5.41, 5.74) is 10.4. The lowest BCUT2D eigenvalue weighted by molar-refractivity contribution is 0.896. The van der Waals surface area contributed by atoms with Gasteiger partial charge in [0.25, 0.3) is 0 Å². The van der Waals surface area contributed by atoms with Gasteiger partial charge < -0.3 is 5.73 Å². The Balaban J connectivity index is 2.59. The number of aryl methyl sites for hydroxylation is 3. The van der Waals surface area contributed by atoms with Crippen LogP contribution in [0, 0.1) is 6.92 Å². The van der Waals surface area contributed by atoms with Crippen molar-refractivity contribution < 1.29 is 0 Å². The molecule has 2 N–H and O–H groups in total. The summed E-state index contributed by atoms with van der Waals surface area (Å²) in [5.74, 6) is 1.41. The highest BCUT2D eigenvalue weighted by Gasteiger charge is 2.12. The molecule has 0 spiro atoms. The van der Waals surface area contributed by atoms with Gasteiger partial charge in [-0.15, -0.1) is 0 Å². The van der Waals surface area contributed by atoms with E-state index in [2.05, 4.69) is 48.1 Å². The van der Waals surface area contributed by atoms with Crippen LogP contribution < -0.4 is 5.73 Å². The van der Waals surface area contributed by atoms with E-state index < -0.39 is 0 Å². The highest BCUT2D eigenvalue weighted by Crippen LogP contribution is 2.28. The van der Waals surface area contributed by atoms with Crippen molar-refractivity contribution >= 4 is 5.82 Å². The molecule has 0 saturated heterocycles. The molecule has 0 aliphatic rings. The third kappa shape index (κ3) is 2.35. The summed E-state index contributed by atoms with van der Waals surface area (Å²) in [6, 6.07) is 8.33. The first-order valence-corrected chi connectivity index (χ1v) is 6.38. The molecule has 1 heterocycles. The largest absolute Gasteiger partial charge is 0.383 e. The quantitative estimate of drug-likeness (QED) is 0.898. The van der Waals surface area contributed by atoms with Gasteiger partial charge in [0, 0.05) is 12.0 Å². The van der Waals surface area contributed by atoms with Crippen LogP contribution in [0.5, 0.6) is 0 Å². The van der Waals surface area contributed by atoms with E-state index in [-0.39, 0.29) is 0 Å². The summed E-state index contributed by atoms with van der Waals surface area (Å²) in [6.07, 6.45) is 1.67. The standard InChI is InChI=1S/C15H19N3/c1-4-12-14(11-8-6-10(3)7-9-11)15(16)18-13(5-2)17-12/h6-9H,4-5H2,1-3H3,(H2,16,17,18). The van der Waals surface area contributed by atoms with E-state index in [1.807, 2.05) is 6.92 Å². The number of nitrogens with two attached hydrogens (primary N) is 1. The van der Waals surface area contributed by atoms with Crippen molar-refractivity contribution in [3.8, 4) is 11.1 Å². The molecule has 0 aliphatic carbocycles. The average Bonchev–Trinajstić information content (AvgIpc) is 2.39. The van der Waals surface area contributed by atoms with Crippen molar-refractivity contribution in [3.05, 3.63) is 41.3 Å². The Bertz CT molecular complexity index is 544. The lowest BCUT2D eigenvalue weighted by Crippen LogP contribution is -2.06. The van der Waals surface area contributed by atoms with Crippen LogP contribution in [0.2, 0.25) is 0 Å². The minimum Gasteiger partial charge on any atom is -0.383 e. The van der Waals surface area contributed by atoms with Gasteiger partial charge >= 0.3 is 0 Å². The SMILES string of the molecule is CCc1nc(N)c(-c2ccc(C)cc2)c(CC)n1. The summed E-state index contributed by atoms with van der Waals surface area (Å²) >= 11 is 0. The minimum absolute atomic E-state index is 0.586. The van der Waals surface area contributed by atoms with Gasteiger partial charge in [-0.2, -0.15) is 0 Å². The molecule has 18 heavy (non-hydrogen) atoms. The molecule has 0 aliphatic heterocycles. The van der Waals surface area contributed by atoms with Crippen molar-refractivity contribution in [2.24, 2.45) is 0 Å². The fourth-order valence-electron chi connectivity index (χ4n) is 2.03. The molecule has 94 valence electrons. The zero-order valence-corrected chi connectivity index (χ0v) is 11.2. The average molecular weight is 241 g/mol. The molecule has 0 radical (unpaired) electrons. The predicted octanol–water partition coefficient (Wildman–Crippen LogP) is 3.16. The van der Waals surface area contributed by atoms with E-state index >= 15 is 0 Å². The van der Waals surface area contributed by atoms with Crippen molar-refractivity contribution in [1.82, 2.24) is 9.97 Å². The number of rotatable bonds is 3. The maximum Gasteiger partial charge on any atom is 0.135 e. The lowest BCUT2D eigenvalue weighted by Gasteiger charge is -2.12. The second kappa shape index (κ2) is 5.17. The molecule has 3 heteroatoms. The van der Waals surface area contributed by atoms with Gasteiger partial charge in [0.15, 0.2) is 0 Å². The van der Waals surface area contributed by atoms with E-state index in [0.717, 1.165) is 35.5 Å². The molecule has 1 aromatic heterocycles. The van der Waals surface area contributed by atoms with Gasteiger partial charge in [-0.1, -0.05) is 43.7 Å². The summed E-state index contributed by atoms with van der Waals surface area (Å²) < 4.78 is 0. The van der Waals surface area contributed by atoms with Crippen LogP contribution in [-0.2, 0) is 12.8 Å². The summed E-state index contributed by atoms with van der Waals surface area (Å²) in [6.45, 7) is 6.21. The maximum absolute atomic E-state index is 6.09. The van der Waals surface area contributed by atoms with Crippen LogP contribution >= 0.6 is 0 Å². The van der Waals surface area contributed by atoms with Gasteiger partial charge in [0.05, 0.1) is 5.69 Å². The Morgan fingerprint density at radius 1 is 1.00 bits per heavy atom. The van der Waals surface area contributed by atoms with E-state index in [0.29, 0.717) is 5.82 Å². The van der Waals surface area contributed by atoms with Crippen LogP contribution in [0.15, 0.2) is 24.3 Å². The van der Waals surface area contributed by atoms with Crippen molar-refractivity contribution in [1.29, 1.82) is 0 Å². The Labute approximate surface area is 108 Å². The minimum atomic E-state index is 0.586. The van der Waals surface area contributed by atoms with E-state index in [1.165, 1.54) is 5.56 Å². The van der Waals surface area contributed by atoms with Crippen molar-refractivity contribution in [2.75, 3.05) is 5.73 Å². The smallest absolute Gasteiger partial charge is 0.135 e. The van der Waals surface area contributed by atoms with Gasteiger partial charge in [-0.25, -0.2) is 9.97 Å². The van der Waals surface area contributed by atoms with Crippen molar-refractivity contribution in [2.45, 2.75) is 33.6 Å². The van der Waals surface area contributed by atoms with Gasteiger partial charge in [-0.05, 0) is 18.9 Å². The molecule has 3 nitrogen and oxygen atoms in total. The van der Waals surface area contributed by atoms with Gasteiger partial charge in [0.1, 0.15) is 11.6 Å². The fraction of sp³-hybridized carbons (Fsp3) is 0.333. The first kappa shape index (κ1) is 12.6. The Morgan fingerprint density at radius 2 is 1.67 bits per heavy atom. The van der Waals surface area contributed by atoms with Gasteiger partial charge in [0.2, 0.25) is 0 Å². The number of nitrogens with zero attached hydrogens (tertiary/aromatic N) is 2. The topological polar surface area (TPSA) is 51.8 Å². The molecule has 0 fully saturated rings. The van der Waals surface area contributed by atoms with E-state index in [1.54, 1.807) is 0 Å². The zero-order chi connectivity index (χ0) is 13.1. The third-order valence-corrected chi connectivity index (χ3v) is 3.05. The molecular formula is C15H19N3. The van der Waals surface area contributed by atoms with Crippen LogP contribution in [-0.4, -0.2) is 9.97 Å². The first-order valence-electron chi connectivity index (χ1n) is 6.38. The predicted molar refractivity (Wildman–Crippen MR) is 75.4 cm³/mol. The fourth-order valence-corrected chi connectivity index (χ4v) is 2.03. The number of benzene rings is 1. The summed E-state index contributed by atoms with van der Waals surface area (Å²) in [4.78, 5) is 8.94. The molecule has 2 rings (SSSR count). The molecule has 0 bridgehead atoms. The molecule has 0 amide bonds. The highest BCUT2D eigenvalue weighted by atomic mass is 15.0. The monoisotopic (exact) mass is 241 g/mol. The maximum atomic E-state index is 6.09. The number of aromatic nitrogens is 2. The van der Waals surface area contributed by atoms with E-state index in [9.17, 15) is 0 Å². The van der Waals surface area contributed by atoms with Crippen LogP contribution in [0.25, 0.3) is 11.1 Å². The summed E-state index contributed by atoms with van der Waals surface area (Å²) in [5, 5.41) is 0. The van der Waals surface area contributed by atoms with Crippen LogP contribution in [0.1, 0.15) is 30.9 Å². The molecule has 2 aromatic rings. The molecule has 1 aromatic carbocycles. The highest BCUT2D eigenvalue weighted by molar-refractivity contribution is 5.76. The number of anilines is 1. The lowest BCUT2D eigenvalue weighted by atomic mass is 10.0. The summed E-state index contributed by atoms with van der Waals surface area (Å²) in [7, 11) is 0. The van der Waals surface area contributed by atoms with Crippen LogP contribution in [0.3, 0.4) is 0 Å². The second-order valence-electron chi connectivity index (χ2n) is 4.42. The van der Waals surface area contributed by atoms with Gasteiger partial charge in [-0.3, -0.25) is 0 Å². The molecule has 0 saturated carbocycles. The molecule has 0 atom stereocenters. The number of nitrogen functional groups attached to an aromatic ring is 1. The Morgan fingerprint density at radius 3 is 2.22 bits per heavy atom. The van der Waals surface area contributed by atoms with Crippen LogP contribution in [0.4, 0.5) is 5.82 Å². The van der Waals surface area contributed by atoms with E-state index in [4.69, 9.17) is 5.73 Å². The third-order valence-electron chi connectivity index (χ3n) is 3.05. The first-order chi connectivity index (χ1) is 8.65. The molecule has 0 unspecified atom stereocenters. The normalized spacial score (nSPS) is 10.6. The second-order valence-corrected chi connectivity index (χ2v) is 4.42. The number of hydrogen-bond donors (Lipinski definition) is 1. The van der Waals surface area contributed by atoms with Crippen molar-refractivity contribution in [3.63, 3.8) is 0 Å².